The minimum Gasteiger partial charge on any atom is -0.387 e. The molecule has 3 N–H and O–H groups in total. The topological polar surface area (TPSA) is 50.9 Å². The Morgan fingerprint density at radius 2 is 2.38 bits per heavy atom. The first-order valence-corrected chi connectivity index (χ1v) is 4.36. The molecule has 0 bridgehead atoms. The van der Waals surface area contributed by atoms with E-state index >= 15 is 0 Å². The van der Waals surface area contributed by atoms with Gasteiger partial charge in [-0.15, -0.1) is 0 Å². The Morgan fingerprint density at radius 1 is 1.54 bits per heavy atom. The molecule has 3 heteroatoms. The number of aromatic nitrogens is 1. The maximum absolute atomic E-state index is 5.37. The molecule has 0 amide bonds. The molecule has 13 heavy (non-hydrogen) atoms. The smallest absolute Gasteiger partial charge is 0.0530 e. The zero-order valence-electron chi connectivity index (χ0n) is 7.83. The van der Waals surface area contributed by atoms with Crippen LogP contribution in [-0.2, 0) is 0 Å². The van der Waals surface area contributed by atoms with Gasteiger partial charge in [0, 0.05) is 19.4 Å². The van der Waals surface area contributed by atoms with Crippen LogP contribution in [0.4, 0.5) is 5.69 Å². The van der Waals surface area contributed by atoms with Gasteiger partial charge in [0.25, 0.3) is 0 Å². The minimum absolute atomic E-state index is 0.690. The van der Waals surface area contributed by atoms with E-state index in [2.05, 4.69) is 16.4 Å². The molecular weight excluding hydrogens is 162 g/mol. The van der Waals surface area contributed by atoms with E-state index < -0.39 is 0 Å². The molecule has 0 fully saturated rings. The number of hydrogen-bond acceptors (Lipinski definition) is 3. The molecule has 0 radical (unpaired) electrons. The summed E-state index contributed by atoms with van der Waals surface area (Å²) in [6, 6.07) is 2.04. The summed E-state index contributed by atoms with van der Waals surface area (Å²) in [4.78, 5) is 4.09. The SMILES string of the molecule is CNc1cncc(C=CCCN)c1. The first kappa shape index (κ1) is 9.74. The van der Waals surface area contributed by atoms with Crippen LogP contribution in [-0.4, -0.2) is 18.6 Å². The van der Waals surface area contributed by atoms with Gasteiger partial charge >= 0.3 is 0 Å². The number of pyridine rings is 1. The first-order valence-electron chi connectivity index (χ1n) is 4.36. The quantitative estimate of drug-likeness (QED) is 0.732. The second-order valence-electron chi connectivity index (χ2n) is 2.74. The van der Waals surface area contributed by atoms with E-state index in [9.17, 15) is 0 Å². The van der Waals surface area contributed by atoms with Crippen molar-refractivity contribution in [1.29, 1.82) is 0 Å². The Bertz CT molecular complexity index is 281. The van der Waals surface area contributed by atoms with Gasteiger partial charge in [0.1, 0.15) is 0 Å². The van der Waals surface area contributed by atoms with Crippen molar-refractivity contribution in [3.8, 4) is 0 Å². The van der Waals surface area contributed by atoms with Crippen molar-refractivity contribution < 1.29 is 0 Å². The molecule has 0 spiro atoms. The average Bonchev–Trinajstić information content (AvgIpc) is 2.19. The van der Waals surface area contributed by atoms with Crippen molar-refractivity contribution in [3.05, 3.63) is 30.1 Å². The molecule has 1 aromatic heterocycles. The number of nitrogens with one attached hydrogen (secondary N) is 1. The van der Waals surface area contributed by atoms with Crippen molar-refractivity contribution in [2.75, 3.05) is 18.9 Å². The Kier molecular flexibility index (Phi) is 3.99. The number of rotatable bonds is 4. The number of nitrogens with zero attached hydrogens (tertiary/aromatic N) is 1. The molecule has 70 valence electrons. The lowest BCUT2D eigenvalue weighted by atomic mass is 10.2. The summed E-state index contributed by atoms with van der Waals surface area (Å²) in [6.45, 7) is 0.690. The number of anilines is 1. The predicted molar refractivity (Wildman–Crippen MR) is 56.5 cm³/mol. The predicted octanol–water partition coefficient (Wildman–Crippen LogP) is 1.49. The molecule has 3 nitrogen and oxygen atoms in total. The summed E-state index contributed by atoms with van der Waals surface area (Å²) in [5.41, 5.74) is 7.49. The summed E-state index contributed by atoms with van der Waals surface area (Å²) in [6.07, 6.45) is 8.61. The third-order valence-corrected chi connectivity index (χ3v) is 1.69. The molecule has 0 unspecified atom stereocenters. The van der Waals surface area contributed by atoms with Gasteiger partial charge in [-0.2, -0.15) is 0 Å². The molecule has 0 aliphatic rings. The van der Waals surface area contributed by atoms with Crippen molar-refractivity contribution in [1.82, 2.24) is 4.98 Å². The van der Waals surface area contributed by atoms with Crippen LogP contribution in [0.2, 0.25) is 0 Å². The van der Waals surface area contributed by atoms with Crippen LogP contribution in [0.1, 0.15) is 12.0 Å². The second-order valence-corrected chi connectivity index (χ2v) is 2.74. The third kappa shape index (κ3) is 3.25. The van der Waals surface area contributed by atoms with Gasteiger partial charge in [-0.25, -0.2) is 0 Å². The Balaban J connectivity index is 2.66. The lowest BCUT2D eigenvalue weighted by Gasteiger charge is -1.99. The zero-order valence-corrected chi connectivity index (χ0v) is 7.83. The van der Waals surface area contributed by atoms with E-state index in [4.69, 9.17) is 5.73 Å². The molecule has 1 aromatic rings. The van der Waals surface area contributed by atoms with Crippen LogP contribution < -0.4 is 11.1 Å². The lowest BCUT2D eigenvalue weighted by Crippen LogP contribution is -1.95. The zero-order chi connectivity index (χ0) is 9.52. The fourth-order valence-corrected chi connectivity index (χ4v) is 1.00. The number of nitrogens with two attached hydrogens (primary N) is 1. The fraction of sp³-hybridized carbons (Fsp3) is 0.300. The fourth-order valence-electron chi connectivity index (χ4n) is 1.00. The second kappa shape index (κ2) is 5.32. The highest BCUT2D eigenvalue weighted by Crippen LogP contribution is 2.08. The average molecular weight is 177 g/mol. The van der Waals surface area contributed by atoms with Crippen LogP contribution in [0, 0.1) is 0 Å². The molecule has 1 heterocycles. The Labute approximate surface area is 78.7 Å². The molecular formula is C10H15N3. The van der Waals surface area contributed by atoms with Crippen LogP contribution in [0.15, 0.2) is 24.5 Å². The van der Waals surface area contributed by atoms with E-state index in [0.717, 1.165) is 17.7 Å². The molecule has 0 saturated heterocycles. The van der Waals surface area contributed by atoms with Crippen molar-refractivity contribution in [3.63, 3.8) is 0 Å². The van der Waals surface area contributed by atoms with Crippen LogP contribution in [0.5, 0.6) is 0 Å². The van der Waals surface area contributed by atoms with Gasteiger partial charge in [0.2, 0.25) is 0 Å². The van der Waals surface area contributed by atoms with Crippen LogP contribution in [0.3, 0.4) is 0 Å². The highest BCUT2D eigenvalue weighted by Gasteiger charge is 1.89. The van der Waals surface area contributed by atoms with Gasteiger partial charge in [0.05, 0.1) is 5.69 Å². The molecule has 0 aliphatic heterocycles. The number of hydrogen-bond donors (Lipinski definition) is 2. The molecule has 1 rings (SSSR count). The van der Waals surface area contributed by atoms with Gasteiger partial charge in [0.15, 0.2) is 0 Å². The summed E-state index contributed by atoms with van der Waals surface area (Å²) < 4.78 is 0. The maximum Gasteiger partial charge on any atom is 0.0530 e. The monoisotopic (exact) mass is 177 g/mol. The lowest BCUT2D eigenvalue weighted by molar-refractivity contribution is 1.01. The van der Waals surface area contributed by atoms with E-state index in [1.165, 1.54) is 0 Å². The minimum atomic E-state index is 0.690. The van der Waals surface area contributed by atoms with Crippen molar-refractivity contribution in [2.24, 2.45) is 5.73 Å². The Hall–Kier alpha value is -1.35. The highest BCUT2D eigenvalue weighted by atomic mass is 14.8. The first-order chi connectivity index (χ1) is 6.36. The van der Waals surface area contributed by atoms with Crippen LogP contribution >= 0.6 is 0 Å². The molecule has 0 saturated carbocycles. The highest BCUT2D eigenvalue weighted by molar-refractivity contribution is 5.54. The van der Waals surface area contributed by atoms with Gasteiger partial charge in [-0.1, -0.05) is 12.2 Å². The van der Waals surface area contributed by atoms with Gasteiger partial charge in [-0.05, 0) is 24.6 Å². The van der Waals surface area contributed by atoms with Crippen molar-refractivity contribution in [2.45, 2.75) is 6.42 Å². The molecule has 0 atom stereocenters. The van der Waals surface area contributed by atoms with Crippen LogP contribution in [0.25, 0.3) is 6.08 Å². The third-order valence-electron chi connectivity index (χ3n) is 1.69. The van der Waals surface area contributed by atoms with Gasteiger partial charge in [-0.3, -0.25) is 4.98 Å². The molecule has 0 aliphatic carbocycles. The standard InChI is InChI=1S/C10H15N3/c1-12-10-6-9(7-13-8-10)4-2-3-5-11/h2,4,6-8,12H,3,5,11H2,1H3. The summed E-state index contributed by atoms with van der Waals surface area (Å²) in [5.74, 6) is 0. The van der Waals surface area contributed by atoms with E-state index in [-0.39, 0.29) is 0 Å². The largest absolute Gasteiger partial charge is 0.387 e. The summed E-state index contributed by atoms with van der Waals surface area (Å²) in [5, 5.41) is 3.04. The van der Waals surface area contributed by atoms with E-state index in [1.807, 2.05) is 25.4 Å². The summed E-state index contributed by atoms with van der Waals surface area (Å²) >= 11 is 0. The normalized spacial score (nSPS) is 10.6. The van der Waals surface area contributed by atoms with E-state index in [1.54, 1.807) is 6.20 Å². The van der Waals surface area contributed by atoms with Gasteiger partial charge < -0.3 is 11.1 Å². The maximum atomic E-state index is 5.37. The van der Waals surface area contributed by atoms with E-state index in [0.29, 0.717) is 6.54 Å². The Morgan fingerprint density at radius 3 is 3.08 bits per heavy atom. The molecule has 0 aromatic carbocycles. The summed E-state index contributed by atoms with van der Waals surface area (Å²) in [7, 11) is 1.88. The van der Waals surface area contributed by atoms with Crippen molar-refractivity contribution >= 4 is 11.8 Å².